The van der Waals surface area contributed by atoms with Gasteiger partial charge in [0.2, 0.25) is 5.91 Å². The van der Waals surface area contributed by atoms with Crippen molar-refractivity contribution in [3.05, 3.63) is 39.9 Å². The SMILES string of the molecule is COC(=O)[C@@H](CCCCC#N)NC(=O)Cc1cccc([N+](=O)[O-])c1. The van der Waals surface area contributed by atoms with Gasteiger partial charge < -0.3 is 10.1 Å². The molecular weight excluding hydrogens is 314 g/mol. The van der Waals surface area contributed by atoms with Gasteiger partial charge in [0, 0.05) is 18.6 Å². The zero-order valence-electron chi connectivity index (χ0n) is 13.4. The maximum absolute atomic E-state index is 12.1. The summed E-state index contributed by atoms with van der Waals surface area (Å²) in [7, 11) is 1.23. The first-order chi connectivity index (χ1) is 11.5. The van der Waals surface area contributed by atoms with Crippen LogP contribution in [0.4, 0.5) is 5.69 Å². The molecule has 8 nitrogen and oxygen atoms in total. The number of unbranched alkanes of at least 4 members (excludes halogenated alkanes) is 2. The molecule has 0 bridgehead atoms. The topological polar surface area (TPSA) is 122 Å². The lowest BCUT2D eigenvalue weighted by molar-refractivity contribution is -0.384. The summed E-state index contributed by atoms with van der Waals surface area (Å²) in [6.45, 7) is 0. The van der Waals surface area contributed by atoms with E-state index in [1.807, 2.05) is 6.07 Å². The molecule has 8 heteroatoms. The average Bonchev–Trinajstić information content (AvgIpc) is 2.57. The van der Waals surface area contributed by atoms with E-state index in [2.05, 4.69) is 10.1 Å². The first-order valence-corrected chi connectivity index (χ1v) is 7.45. The molecule has 128 valence electrons. The minimum atomic E-state index is -0.792. The Balaban J connectivity index is 2.64. The summed E-state index contributed by atoms with van der Waals surface area (Å²) in [6, 6.07) is 6.99. The van der Waals surface area contributed by atoms with E-state index in [1.165, 1.54) is 25.3 Å². The number of nitro benzene ring substituents is 1. The Kier molecular flexibility index (Phi) is 7.91. The maximum Gasteiger partial charge on any atom is 0.328 e. The van der Waals surface area contributed by atoms with Crippen LogP contribution in [0.25, 0.3) is 0 Å². The number of hydrogen-bond acceptors (Lipinski definition) is 6. The van der Waals surface area contributed by atoms with Crippen LogP contribution in [0.5, 0.6) is 0 Å². The number of nitrogens with one attached hydrogen (secondary N) is 1. The number of carbonyl (C=O) groups is 2. The number of methoxy groups -OCH3 is 1. The van der Waals surface area contributed by atoms with E-state index < -0.39 is 22.8 Å². The molecule has 0 heterocycles. The van der Waals surface area contributed by atoms with Gasteiger partial charge in [0.05, 0.1) is 24.5 Å². The second-order valence-corrected chi connectivity index (χ2v) is 5.15. The molecule has 1 N–H and O–H groups in total. The number of amides is 1. The van der Waals surface area contributed by atoms with Crippen molar-refractivity contribution in [3.8, 4) is 6.07 Å². The van der Waals surface area contributed by atoms with Gasteiger partial charge in [-0.1, -0.05) is 12.1 Å². The minimum Gasteiger partial charge on any atom is -0.467 e. The van der Waals surface area contributed by atoms with Gasteiger partial charge in [-0.2, -0.15) is 5.26 Å². The Morgan fingerprint density at radius 1 is 1.42 bits per heavy atom. The molecular formula is C16H19N3O5. The van der Waals surface area contributed by atoms with E-state index in [1.54, 1.807) is 6.07 Å². The van der Waals surface area contributed by atoms with Gasteiger partial charge >= 0.3 is 5.97 Å². The zero-order chi connectivity index (χ0) is 17.9. The van der Waals surface area contributed by atoms with Crippen LogP contribution >= 0.6 is 0 Å². The highest BCUT2D eigenvalue weighted by Gasteiger charge is 2.21. The number of rotatable bonds is 9. The molecule has 1 rings (SSSR count). The van der Waals surface area contributed by atoms with Gasteiger partial charge in [0.15, 0.2) is 0 Å². The Morgan fingerprint density at radius 2 is 2.17 bits per heavy atom. The lowest BCUT2D eigenvalue weighted by Gasteiger charge is -2.16. The fourth-order valence-corrected chi connectivity index (χ4v) is 2.15. The molecule has 0 aliphatic rings. The second kappa shape index (κ2) is 9.94. The zero-order valence-corrected chi connectivity index (χ0v) is 13.4. The van der Waals surface area contributed by atoms with E-state index in [9.17, 15) is 19.7 Å². The number of ether oxygens (including phenoxy) is 1. The fraction of sp³-hybridized carbons (Fsp3) is 0.438. The van der Waals surface area contributed by atoms with Gasteiger partial charge in [-0.15, -0.1) is 0 Å². The average molecular weight is 333 g/mol. The molecule has 0 fully saturated rings. The van der Waals surface area contributed by atoms with Crippen molar-refractivity contribution >= 4 is 17.6 Å². The largest absolute Gasteiger partial charge is 0.467 e. The van der Waals surface area contributed by atoms with Crippen molar-refractivity contribution in [1.29, 1.82) is 5.26 Å². The van der Waals surface area contributed by atoms with Crippen LogP contribution in [-0.4, -0.2) is 30.0 Å². The Morgan fingerprint density at radius 3 is 2.79 bits per heavy atom. The van der Waals surface area contributed by atoms with Crippen LogP contribution in [0.3, 0.4) is 0 Å². The van der Waals surface area contributed by atoms with Crippen LogP contribution in [0, 0.1) is 21.4 Å². The summed E-state index contributed by atoms with van der Waals surface area (Å²) in [5.41, 5.74) is 0.385. The first kappa shape index (κ1) is 19.1. The summed E-state index contributed by atoms with van der Waals surface area (Å²) < 4.78 is 4.66. The highest BCUT2D eigenvalue weighted by Crippen LogP contribution is 2.13. The Bertz CT molecular complexity index is 639. The fourth-order valence-electron chi connectivity index (χ4n) is 2.15. The number of nitriles is 1. The minimum absolute atomic E-state index is 0.0760. The molecule has 0 spiro atoms. The quantitative estimate of drug-likeness (QED) is 0.318. The molecule has 1 aromatic rings. The molecule has 0 saturated heterocycles. The third-order valence-electron chi connectivity index (χ3n) is 3.34. The van der Waals surface area contributed by atoms with Crippen molar-refractivity contribution in [2.24, 2.45) is 0 Å². The number of carbonyl (C=O) groups excluding carboxylic acids is 2. The maximum atomic E-state index is 12.1. The van der Waals surface area contributed by atoms with Crippen molar-refractivity contribution in [2.45, 2.75) is 38.1 Å². The Labute approximate surface area is 139 Å². The predicted molar refractivity (Wildman–Crippen MR) is 84.8 cm³/mol. The number of benzene rings is 1. The number of hydrogen-bond donors (Lipinski definition) is 1. The van der Waals surface area contributed by atoms with Gasteiger partial charge in [0.1, 0.15) is 6.04 Å². The normalized spacial score (nSPS) is 11.2. The summed E-state index contributed by atoms with van der Waals surface area (Å²) in [6.07, 6.45) is 1.91. The molecule has 24 heavy (non-hydrogen) atoms. The third kappa shape index (κ3) is 6.44. The van der Waals surface area contributed by atoms with Crippen molar-refractivity contribution < 1.29 is 19.2 Å². The van der Waals surface area contributed by atoms with E-state index >= 15 is 0 Å². The molecule has 0 aromatic heterocycles. The van der Waals surface area contributed by atoms with Crippen LogP contribution in [0.2, 0.25) is 0 Å². The number of nitro groups is 1. The first-order valence-electron chi connectivity index (χ1n) is 7.45. The van der Waals surface area contributed by atoms with Crippen molar-refractivity contribution in [2.75, 3.05) is 7.11 Å². The van der Waals surface area contributed by atoms with Crippen LogP contribution in [-0.2, 0) is 20.7 Å². The van der Waals surface area contributed by atoms with E-state index in [4.69, 9.17) is 5.26 Å². The van der Waals surface area contributed by atoms with Crippen LogP contribution < -0.4 is 5.32 Å². The number of non-ortho nitro benzene ring substituents is 1. The molecule has 0 aliphatic carbocycles. The molecule has 1 amide bonds. The molecule has 0 radical (unpaired) electrons. The summed E-state index contributed by atoms with van der Waals surface area (Å²) in [5, 5.41) is 21.8. The molecule has 0 saturated carbocycles. The summed E-state index contributed by atoms with van der Waals surface area (Å²) in [5.74, 6) is -0.981. The standard InChI is InChI=1S/C16H19N3O5/c1-24-16(21)14(8-3-2-4-9-17)18-15(20)11-12-6-5-7-13(10-12)19(22)23/h5-7,10,14H,2-4,8,11H2,1H3,(H,18,20)/t14-/m1/s1. The highest BCUT2D eigenvalue weighted by atomic mass is 16.6. The molecule has 0 unspecified atom stereocenters. The van der Waals surface area contributed by atoms with Crippen molar-refractivity contribution in [1.82, 2.24) is 5.32 Å². The van der Waals surface area contributed by atoms with Crippen molar-refractivity contribution in [3.63, 3.8) is 0 Å². The van der Waals surface area contributed by atoms with Gasteiger partial charge in [-0.05, 0) is 24.8 Å². The molecule has 0 aliphatic heterocycles. The van der Waals surface area contributed by atoms with E-state index in [-0.39, 0.29) is 12.1 Å². The highest BCUT2D eigenvalue weighted by molar-refractivity contribution is 5.85. The summed E-state index contributed by atoms with van der Waals surface area (Å²) in [4.78, 5) is 34.0. The smallest absolute Gasteiger partial charge is 0.328 e. The lowest BCUT2D eigenvalue weighted by Crippen LogP contribution is -2.42. The Hall–Kier alpha value is -2.95. The predicted octanol–water partition coefficient (Wildman–Crippen LogP) is 1.88. The van der Waals surface area contributed by atoms with E-state index in [0.717, 1.165) is 0 Å². The number of nitrogens with zero attached hydrogens (tertiary/aromatic N) is 2. The lowest BCUT2D eigenvalue weighted by atomic mass is 10.1. The van der Waals surface area contributed by atoms with Gasteiger partial charge in [-0.25, -0.2) is 4.79 Å². The molecule has 1 aromatic carbocycles. The van der Waals surface area contributed by atoms with Crippen LogP contribution in [0.15, 0.2) is 24.3 Å². The third-order valence-corrected chi connectivity index (χ3v) is 3.34. The van der Waals surface area contributed by atoms with Crippen LogP contribution in [0.1, 0.15) is 31.2 Å². The van der Waals surface area contributed by atoms with Gasteiger partial charge in [0.25, 0.3) is 5.69 Å². The summed E-state index contributed by atoms with van der Waals surface area (Å²) >= 11 is 0. The van der Waals surface area contributed by atoms with Gasteiger partial charge in [-0.3, -0.25) is 14.9 Å². The second-order valence-electron chi connectivity index (χ2n) is 5.15. The van der Waals surface area contributed by atoms with E-state index in [0.29, 0.717) is 31.2 Å². The number of esters is 1. The molecule has 1 atom stereocenters. The monoisotopic (exact) mass is 333 g/mol.